The molecule has 0 heterocycles. The van der Waals surface area contributed by atoms with Crippen LogP contribution in [0.1, 0.15) is 18.4 Å². The van der Waals surface area contributed by atoms with E-state index in [9.17, 15) is 14.9 Å². The van der Waals surface area contributed by atoms with Gasteiger partial charge >= 0.3 is 0 Å². The van der Waals surface area contributed by atoms with Gasteiger partial charge in [-0.3, -0.25) is 14.9 Å². The summed E-state index contributed by atoms with van der Waals surface area (Å²) in [5, 5.41) is 14.7. The van der Waals surface area contributed by atoms with E-state index in [1.165, 1.54) is 12.1 Å². The van der Waals surface area contributed by atoms with E-state index in [1.807, 2.05) is 0 Å². The molecule has 3 rings (SSSR count). The quantitative estimate of drug-likeness (QED) is 0.523. The van der Waals surface area contributed by atoms with Gasteiger partial charge in [0.25, 0.3) is 5.69 Å². The summed E-state index contributed by atoms with van der Waals surface area (Å²) in [4.78, 5) is 21.9. The van der Waals surface area contributed by atoms with Crippen LogP contribution in [0.2, 0.25) is 0 Å². The van der Waals surface area contributed by atoms with Crippen molar-refractivity contribution < 1.29 is 9.72 Å². The Morgan fingerprint density at radius 1 is 1.38 bits per heavy atom. The van der Waals surface area contributed by atoms with Crippen molar-refractivity contribution in [2.45, 2.75) is 19.3 Å². The van der Waals surface area contributed by atoms with Gasteiger partial charge in [0.1, 0.15) is 0 Å². The average Bonchev–Trinajstić information content (AvgIpc) is 2.81. The van der Waals surface area contributed by atoms with Crippen molar-refractivity contribution >= 4 is 17.3 Å². The number of hydrazone groups is 1. The fourth-order valence-corrected chi connectivity index (χ4v) is 2.76. The van der Waals surface area contributed by atoms with Crippen LogP contribution in [0.3, 0.4) is 0 Å². The number of nitro benzene ring substituents is 1. The van der Waals surface area contributed by atoms with Crippen molar-refractivity contribution in [1.29, 1.82) is 0 Å². The minimum Gasteiger partial charge on any atom is -0.273 e. The highest BCUT2D eigenvalue weighted by Crippen LogP contribution is 2.40. The summed E-state index contributed by atoms with van der Waals surface area (Å²) in [7, 11) is 0. The molecule has 2 aliphatic carbocycles. The Balaban J connectivity index is 1.52. The molecule has 0 aromatic heterocycles. The highest BCUT2D eigenvalue weighted by atomic mass is 16.6. The summed E-state index contributed by atoms with van der Waals surface area (Å²) >= 11 is 0. The smallest absolute Gasteiger partial charge is 0.269 e. The molecular formula is C15H15N3O3. The molecule has 1 N–H and O–H groups in total. The summed E-state index contributed by atoms with van der Waals surface area (Å²) in [5.41, 5.74) is 4.38. The zero-order valence-corrected chi connectivity index (χ0v) is 11.4. The van der Waals surface area contributed by atoms with Gasteiger partial charge in [-0.2, -0.15) is 5.10 Å². The summed E-state index contributed by atoms with van der Waals surface area (Å²) in [6.07, 6.45) is 6.49. The second kappa shape index (κ2) is 5.47. The maximum absolute atomic E-state index is 11.8. The summed E-state index contributed by atoms with van der Waals surface area (Å²) in [6, 6.07) is 5.97. The number of allylic oxidation sites excluding steroid dienone is 2. The lowest BCUT2D eigenvalue weighted by atomic mass is 9.74. The number of benzene rings is 1. The summed E-state index contributed by atoms with van der Waals surface area (Å²) in [5.74, 6) is 0.880. The lowest BCUT2D eigenvalue weighted by Gasteiger charge is -2.31. The molecule has 108 valence electrons. The van der Waals surface area contributed by atoms with Crippen LogP contribution in [0.25, 0.3) is 0 Å². The molecule has 1 amide bonds. The van der Waals surface area contributed by atoms with Crippen molar-refractivity contribution in [1.82, 2.24) is 5.43 Å². The van der Waals surface area contributed by atoms with Crippen molar-refractivity contribution in [3.63, 3.8) is 0 Å². The predicted molar refractivity (Wildman–Crippen MR) is 77.7 cm³/mol. The Kier molecular flexibility index (Phi) is 3.51. The number of carbonyl (C=O) groups excluding carboxylic acids is 1. The third-order valence-corrected chi connectivity index (χ3v) is 4.00. The molecule has 1 aromatic carbocycles. The van der Waals surface area contributed by atoms with Crippen molar-refractivity contribution in [2.24, 2.45) is 16.9 Å². The van der Waals surface area contributed by atoms with E-state index < -0.39 is 4.92 Å². The molecule has 0 unspecified atom stereocenters. The number of nitrogens with zero attached hydrogens (tertiary/aromatic N) is 2. The first kappa shape index (κ1) is 13.5. The lowest BCUT2D eigenvalue weighted by molar-refractivity contribution is -0.384. The molecule has 0 aliphatic heterocycles. The van der Waals surface area contributed by atoms with E-state index in [1.54, 1.807) is 12.1 Å². The number of amides is 1. The average molecular weight is 285 g/mol. The maximum Gasteiger partial charge on any atom is 0.269 e. The SMILES string of the molecule is O=C(Cc1ccc([N+](=O)[O-])cc1)N/N=C1\C[C@@H]2C=CC[C@@H]12. The second-order valence-electron chi connectivity index (χ2n) is 5.38. The zero-order chi connectivity index (χ0) is 14.8. The van der Waals surface area contributed by atoms with Crippen LogP contribution in [-0.2, 0) is 11.2 Å². The molecule has 2 atom stereocenters. The fourth-order valence-electron chi connectivity index (χ4n) is 2.76. The van der Waals surface area contributed by atoms with Gasteiger partial charge in [-0.1, -0.05) is 24.3 Å². The Morgan fingerprint density at radius 3 is 2.81 bits per heavy atom. The fraction of sp³-hybridized carbons (Fsp3) is 0.333. The van der Waals surface area contributed by atoms with E-state index in [2.05, 4.69) is 22.7 Å². The lowest BCUT2D eigenvalue weighted by Crippen LogP contribution is -2.35. The van der Waals surface area contributed by atoms with Gasteiger partial charge in [-0.15, -0.1) is 0 Å². The zero-order valence-electron chi connectivity index (χ0n) is 11.4. The van der Waals surface area contributed by atoms with E-state index in [4.69, 9.17) is 0 Å². The standard InChI is InChI=1S/C15H15N3O3/c19-15(8-10-4-6-12(7-5-10)18(20)21)17-16-14-9-11-2-1-3-13(11)14/h1-2,4-7,11,13H,3,8-9H2,(H,17,19)/b16-14+/t11-,13+/m0/s1. The Hall–Kier alpha value is -2.50. The van der Waals surface area contributed by atoms with E-state index >= 15 is 0 Å². The van der Waals surface area contributed by atoms with Gasteiger partial charge in [0, 0.05) is 23.8 Å². The van der Waals surface area contributed by atoms with Crippen LogP contribution < -0.4 is 5.43 Å². The van der Waals surface area contributed by atoms with Crippen LogP contribution in [0.15, 0.2) is 41.5 Å². The van der Waals surface area contributed by atoms with Crippen LogP contribution in [-0.4, -0.2) is 16.5 Å². The van der Waals surface area contributed by atoms with Crippen molar-refractivity contribution in [2.75, 3.05) is 0 Å². The minimum absolute atomic E-state index is 0.0219. The minimum atomic E-state index is -0.460. The largest absolute Gasteiger partial charge is 0.273 e. The van der Waals surface area contributed by atoms with Gasteiger partial charge in [-0.25, -0.2) is 5.43 Å². The van der Waals surface area contributed by atoms with Crippen LogP contribution in [0.4, 0.5) is 5.69 Å². The maximum atomic E-state index is 11.8. The van der Waals surface area contributed by atoms with Gasteiger partial charge in [0.15, 0.2) is 0 Å². The van der Waals surface area contributed by atoms with Crippen LogP contribution >= 0.6 is 0 Å². The third kappa shape index (κ3) is 2.84. The Bertz CT molecular complexity index is 634. The molecule has 1 fully saturated rings. The summed E-state index contributed by atoms with van der Waals surface area (Å²) in [6.45, 7) is 0. The molecule has 6 nitrogen and oxygen atoms in total. The van der Waals surface area contributed by atoms with Crippen molar-refractivity contribution in [3.05, 3.63) is 52.1 Å². The number of hydrogen-bond donors (Lipinski definition) is 1. The topological polar surface area (TPSA) is 84.6 Å². The normalized spacial score (nSPS) is 24.5. The van der Waals surface area contributed by atoms with Gasteiger partial charge in [0.05, 0.1) is 11.3 Å². The van der Waals surface area contributed by atoms with E-state index in [0.717, 1.165) is 24.1 Å². The Labute approximate surface area is 121 Å². The number of non-ortho nitro benzene ring substituents is 1. The number of rotatable bonds is 4. The molecule has 1 aromatic rings. The Morgan fingerprint density at radius 2 is 2.14 bits per heavy atom. The van der Waals surface area contributed by atoms with E-state index in [-0.39, 0.29) is 18.0 Å². The first-order valence-corrected chi connectivity index (χ1v) is 6.89. The highest BCUT2D eigenvalue weighted by Gasteiger charge is 2.37. The molecule has 0 spiro atoms. The number of nitro groups is 1. The molecule has 0 saturated heterocycles. The van der Waals surface area contributed by atoms with Gasteiger partial charge in [0.2, 0.25) is 5.91 Å². The number of hydrogen-bond acceptors (Lipinski definition) is 4. The van der Waals surface area contributed by atoms with Gasteiger partial charge < -0.3 is 0 Å². The van der Waals surface area contributed by atoms with Gasteiger partial charge in [-0.05, 0) is 24.3 Å². The van der Waals surface area contributed by atoms with Crippen LogP contribution in [0, 0.1) is 22.0 Å². The first-order valence-electron chi connectivity index (χ1n) is 6.89. The number of nitrogens with one attached hydrogen (secondary N) is 1. The molecule has 21 heavy (non-hydrogen) atoms. The molecular weight excluding hydrogens is 270 g/mol. The monoisotopic (exact) mass is 285 g/mol. The molecule has 0 radical (unpaired) electrons. The molecule has 6 heteroatoms. The first-order chi connectivity index (χ1) is 10.1. The molecule has 1 saturated carbocycles. The molecule has 2 aliphatic rings. The predicted octanol–water partition coefficient (Wildman–Crippen LogP) is 2.21. The third-order valence-electron chi connectivity index (χ3n) is 4.00. The van der Waals surface area contributed by atoms with Crippen molar-refractivity contribution in [3.8, 4) is 0 Å². The summed E-state index contributed by atoms with van der Waals surface area (Å²) < 4.78 is 0. The number of carbonyl (C=O) groups is 1. The van der Waals surface area contributed by atoms with Crippen LogP contribution in [0.5, 0.6) is 0 Å². The van der Waals surface area contributed by atoms with E-state index in [0.29, 0.717) is 11.8 Å². The second-order valence-corrected chi connectivity index (χ2v) is 5.38. The number of fused-ring (bicyclic) bond motifs is 1. The molecule has 0 bridgehead atoms. The highest BCUT2D eigenvalue weighted by molar-refractivity contribution is 5.95.